The molecule has 0 fully saturated rings. The number of hydrazine groups is 1. The van der Waals surface area contributed by atoms with Crippen LogP contribution in [0.1, 0.15) is 33.9 Å². The van der Waals surface area contributed by atoms with E-state index in [-0.39, 0.29) is 11.9 Å². The molecule has 0 amide bonds. The maximum atomic E-state index is 13.7. The zero-order valence-corrected chi connectivity index (χ0v) is 11.5. The Bertz CT molecular complexity index is 573. The van der Waals surface area contributed by atoms with Gasteiger partial charge >= 0.3 is 0 Å². The molecule has 1 unspecified atom stereocenters. The van der Waals surface area contributed by atoms with E-state index >= 15 is 0 Å². The molecule has 0 saturated carbocycles. The summed E-state index contributed by atoms with van der Waals surface area (Å²) < 4.78 is 13.7. The first-order valence-electron chi connectivity index (χ1n) is 6.31. The number of hydrogen-bond donors (Lipinski definition) is 2. The first-order chi connectivity index (χ1) is 9.01. The number of hydrogen-bond acceptors (Lipinski definition) is 2. The zero-order valence-electron chi connectivity index (χ0n) is 11.5. The van der Waals surface area contributed by atoms with E-state index in [0.717, 1.165) is 11.1 Å². The number of rotatable bonds is 3. The second-order valence-corrected chi connectivity index (χ2v) is 5.03. The standard InChI is InChI=1S/C16H19FN2/c1-10-6-11(2)8-14(7-10)16(19-18)13-5-4-12(3)15(17)9-13/h4-9,16,19H,18H2,1-3H3. The molecule has 0 saturated heterocycles. The number of aryl methyl sites for hydroxylation is 3. The summed E-state index contributed by atoms with van der Waals surface area (Å²) in [6, 6.07) is 11.3. The van der Waals surface area contributed by atoms with Crippen molar-refractivity contribution in [2.75, 3.05) is 0 Å². The molecule has 0 aliphatic rings. The summed E-state index contributed by atoms with van der Waals surface area (Å²) in [6.07, 6.45) is 0. The van der Waals surface area contributed by atoms with Gasteiger partial charge in [0.25, 0.3) is 0 Å². The molecule has 3 heteroatoms. The Balaban J connectivity index is 2.46. The summed E-state index contributed by atoms with van der Waals surface area (Å²) in [5, 5.41) is 0. The van der Waals surface area contributed by atoms with Crippen molar-refractivity contribution in [1.82, 2.24) is 5.43 Å². The average Bonchev–Trinajstić information content (AvgIpc) is 2.33. The predicted octanol–water partition coefficient (Wildman–Crippen LogP) is 3.30. The molecule has 0 radical (unpaired) electrons. The fraction of sp³-hybridized carbons (Fsp3) is 0.250. The minimum Gasteiger partial charge on any atom is -0.271 e. The van der Waals surface area contributed by atoms with E-state index in [1.54, 1.807) is 13.0 Å². The molecule has 2 aromatic carbocycles. The minimum atomic E-state index is -0.206. The van der Waals surface area contributed by atoms with Gasteiger partial charge in [-0.1, -0.05) is 41.5 Å². The first-order valence-corrected chi connectivity index (χ1v) is 6.31. The van der Waals surface area contributed by atoms with E-state index in [1.165, 1.54) is 17.2 Å². The predicted molar refractivity (Wildman–Crippen MR) is 76.2 cm³/mol. The topological polar surface area (TPSA) is 38.0 Å². The molecule has 0 heterocycles. The van der Waals surface area contributed by atoms with Crippen LogP contribution in [0.4, 0.5) is 4.39 Å². The second-order valence-electron chi connectivity index (χ2n) is 5.03. The van der Waals surface area contributed by atoms with Crippen molar-refractivity contribution in [3.8, 4) is 0 Å². The van der Waals surface area contributed by atoms with E-state index in [9.17, 15) is 4.39 Å². The van der Waals surface area contributed by atoms with E-state index < -0.39 is 0 Å². The van der Waals surface area contributed by atoms with Crippen LogP contribution in [0.25, 0.3) is 0 Å². The normalized spacial score (nSPS) is 12.5. The summed E-state index contributed by atoms with van der Waals surface area (Å²) in [4.78, 5) is 0. The van der Waals surface area contributed by atoms with Gasteiger partial charge in [0.1, 0.15) is 5.82 Å². The van der Waals surface area contributed by atoms with Crippen molar-refractivity contribution in [2.45, 2.75) is 26.8 Å². The Kier molecular flexibility index (Phi) is 3.98. The van der Waals surface area contributed by atoms with Gasteiger partial charge in [0.05, 0.1) is 6.04 Å². The summed E-state index contributed by atoms with van der Waals surface area (Å²) in [7, 11) is 0. The Morgan fingerprint density at radius 1 is 0.947 bits per heavy atom. The number of nitrogens with one attached hydrogen (secondary N) is 1. The van der Waals surface area contributed by atoms with Gasteiger partial charge in [-0.15, -0.1) is 0 Å². The lowest BCUT2D eigenvalue weighted by Gasteiger charge is -2.18. The monoisotopic (exact) mass is 258 g/mol. The van der Waals surface area contributed by atoms with Gasteiger partial charge in [-0.25, -0.2) is 9.82 Å². The fourth-order valence-corrected chi connectivity index (χ4v) is 2.35. The molecule has 2 aromatic rings. The maximum Gasteiger partial charge on any atom is 0.126 e. The van der Waals surface area contributed by atoms with Crippen LogP contribution in [0.3, 0.4) is 0 Å². The molecular weight excluding hydrogens is 239 g/mol. The van der Waals surface area contributed by atoms with E-state index in [1.807, 2.05) is 19.9 Å². The van der Waals surface area contributed by atoms with Gasteiger partial charge in [0.15, 0.2) is 0 Å². The van der Waals surface area contributed by atoms with Crippen molar-refractivity contribution in [3.05, 3.63) is 70.0 Å². The lowest BCUT2D eigenvalue weighted by molar-refractivity contribution is 0.598. The summed E-state index contributed by atoms with van der Waals surface area (Å²) in [5.41, 5.74) is 7.62. The molecule has 3 N–H and O–H groups in total. The highest BCUT2D eigenvalue weighted by molar-refractivity contribution is 5.37. The SMILES string of the molecule is Cc1cc(C)cc(C(NN)c2ccc(C)c(F)c2)c1. The van der Waals surface area contributed by atoms with Crippen molar-refractivity contribution in [3.63, 3.8) is 0 Å². The summed E-state index contributed by atoms with van der Waals surface area (Å²) in [6.45, 7) is 5.83. The zero-order chi connectivity index (χ0) is 14.0. The molecule has 100 valence electrons. The molecule has 1 atom stereocenters. The van der Waals surface area contributed by atoms with Gasteiger partial charge in [0, 0.05) is 0 Å². The van der Waals surface area contributed by atoms with Crippen LogP contribution in [0.5, 0.6) is 0 Å². The summed E-state index contributed by atoms with van der Waals surface area (Å²) in [5.74, 6) is 5.45. The smallest absolute Gasteiger partial charge is 0.126 e. The molecule has 2 nitrogen and oxygen atoms in total. The van der Waals surface area contributed by atoms with E-state index in [2.05, 4.69) is 23.6 Å². The minimum absolute atomic E-state index is 0.200. The van der Waals surface area contributed by atoms with Crippen LogP contribution >= 0.6 is 0 Å². The Labute approximate surface area is 113 Å². The average molecular weight is 258 g/mol. The molecule has 0 aliphatic carbocycles. The van der Waals surface area contributed by atoms with Crippen molar-refractivity contribution in [2.24, 2.45) is 5.84 Å². The Morgan fingerprint density at radius 2 is 1.58 bits per heavy atom. The van der Waals surface area contributed by atoms with Crippen molar-refractivity contribution < 1.29 is 4.39 Å². The number of halogens is 1. The van der Waals surface area contributed by atoms with Crippen LogP contribution in [0.15, 0.2) is 36.4 Å². The quantitative estimate of drug-likeness (QED) is 0.655. The summed E-state index contributed by atoms with van der Waals surface area (Å²) >= 11 is 0. The van der Waals surface area contributed by atoms with Gasteiger partial charge in [-0.3, -0.25) is 5.84 Å². The van der Waals surface area contributed by atoms with Gasteiger partial charge < -0.3 is 0 Å². The van der Waals surface area contributed by atoms with Gasteiger partial charge in [-0.05, 0) is 43.5 Å². The van der Waals surface area contributed by atoms with E-state index in [0.29, 0.717) is 5.56 Å². The van der Waals surface area contributed by atoms with Gasteiger partial charge in [0.2, 0.25) is 0 Å². The molecule has 2 rings (SSSR count). The first kappa shape index (κ1) is 13.7. The van der Waals surface area contributed by atoms with Crippen LogP contribution in [0, 0.1) is 26.6 Å². The van der Waals surface area contributed by atoms with Crippen molar-refractivity contribution >= 4 is 0 Å². The third kappa shape index (κ3) is 3.00. The molecular formula is C16H19FN2. The van der Waals surface area contributed by atoms with Crippen LogP contribution < -0.4 is 11.3 Å². The highest BCUT2D eigenvalue weighted by Crippen LogP contribution is 2.24. The number of nitrogens with two attached hydrogens (primary N) is 1. The second kappa shape index (κ2) is 5.51. The maximum absolute atomic E-state index is 13.7. The molecule has 0 aromatic heterocycles. The molecule has 0 bridgehead atoms. The molecule has 19 heavy (non-hydrogen) atoms. The lowest BCUT2D eigenvalue weighted by atomic mass is 9.95. The third-order valence-corrected chi connectivity index (χ3v) is 3.27. The number of benzene rings is 2. The van der Waals surface area contributed by atoms with Crippen LogP contribution in [-0.2, 0) is 0 Å². The van der Waals surface area contributed by atoms with Crippen LogP contribution in [0.2, 0.25) is 0 Å². The van der Waals surface area contributed by atoms with Crippen LogP contribution in [-0.4, -0.2) is 0 Å². The highest BCUT2D eigenvalue weighted by atomic mass is 19.1. The third-order valence-electron chi connectivity index (χ3n) is 3.27. The molecule has 0 aliphatic heterocycles. The highest BCUT2D eigenvalue weighted by Gasteiger charge is 2.14. The lowest BCUT2D eigenvalue weighted by Crippen LogP contribution is -2.29. The Hall–Kier alpha value is -1.71. The Morgan fingerprint density at radius 3 is 2.11 bits per heavy atom. The van der Waals surface area contributed by atoms with Gasteiger partial charge in [-0.2, -0.15) is 0 Å². The largest absolute Gasteiger partial charge is 0.271 e. The molecule has 0 spiro atoms. The fourth-order valence-electron chi connectivity index (χ4n) is 2.35. The van der Waals surface area contributed by atoms with E-state index in [4.69, 9.17) is 5.84 Å². The van der Waals surface area contributed by atoms with Crippen molar-refractivity contribution in [1.29, 1.82) is 0 Å².